The normalized spacial score (nSPS) is 15.2. The molecule has 2 aromatic rings. The van der Waals surface area contributed by atoms with E-state index in [1.165, 1.54) is 0 Å². The molecule has 1 amide bonds. The Morgan fingerprint density at radius 2 is 1.67 bits per heavy atom. The van der Waals surface area contributed by atoms with Crippen LogP contribution in [0, 0.1) is 5.41 Å². The second-order valence-corrected chi connectivity index (χ2v) is 6.16. The van der Waals surface area contributed by atoms with Gasteiger partial charge in [0.15, 0.2) is 0 Å². The summed E-state index contributed by atoms with van der Waals surface area (Å²) in [5.74, 6) is -1.09. The maximum atomic E-state index is 12.5. The number of para-hydroxylation sites is 2. The number of nitrogens with one attached hydrogen (secondary N) is 2. The summed E-state index contributed by atoms with van der Waals surface area (Å²) in [5, 5.41) is 15.4. The molecule has 5 nitrogen and oxygen atoms in total. The molecule has 0 aromatic heterocycles. The quantitative estimate of drug-likeness (QED) is 0.761. The Morgan fingerprint density at radius 3 is 2.29 bits per heavy atom. The molecule has 0 unspecified atom stereocenters. The van der Waals surface area contributed by atoms with Crippen LogP contribution in [0.3, 0.4) is 0 Å². The number of benzene rings is 2. The third-order valence-corrected chi connectivity index (χ3v) is 4.58. The summed E-state index contributed by atoms with van der Waals surface area (Å²) in [4.78, 5) is 23.9. The number of rotatable bonds is 6. The van der Waals surface area contributed by atoms with Crippen LogP contribution >= 0.6 is 0 Å². The smallest absolute Gasteiger partial charge is 0.311 e. The van der Waals surface area contributed by atoms with Crippen LogP contribution in [-0.2, 0) is 4.79 Å². The number of carboxylic acid groups (broad SMARTS) is 1. The molecular weight excluding hydrogens is 304 g/mol. The van der Waals surface area contributed by atoms with E-state index < -0.39 is 11.4 Å². The number of anilines is 2. The van der Waals surface area contributed by atoms with Crippen molar-refractivity contribution in [1.29, 1.82) is 0 Å². The van der Waals surface area contributed by atoms with E-state index >= 15 is 0 Å². The van der Waals surface area contributed by atoms with Crippen molar-refractivity contribution in [2.45, 2.75) is 19.3 Å². The summed E-state index contributed by atoms with van der Waals surface area (Å²) in [6.45, 7) is 0.167. The Bertz CT molecular complexity index is 739. The predicted molar refractivity (Wildman–Crippen MR) is 92.4 cm³/mol. The molecule has 0 bridgehead atoms. The molecule has 0 aliphatic heterocycles. The first-order valence-electron chi connectivity index (χ1n) is 8.03. The van der Waals surface area contributed by atoms with Gasteiger partial charge in [0.1, 0.15) is 0 Å². The number of amides is 1. The second kappa shape index (κ2) is 6.74. The topological polar surface area (TPSA) is 78.4 Å². The lowest BCUT2D eigenvalue weighted by Gasteiger charge is -2.37. The number of aliphatic carboxylic acids is 1. The Hall–Kier alpha value is -2.82. The number of carbonyl (C=O) groups excluding carboxylic acids is 1. The molecule has 1 aliphatic rings. The van der Waals surface area contributed by atoms with Crippen LogP contribution in [0.1, 0.15) is 29.6 Å². The number of carbonyl (C=O) groups is 2. The predicted octanol–water partition coefficient (Wildman–Crippen LogP) is 3.41. The largest absolute Gasteiger partial charge is 0.481 e. The van der Waals surface area contributed by atoms with Crippen LogP contribution in [0.4, 0.5) is 11.4 Å². The molecule has 3 N–H and O–H groups in total. The summed E-state index contributed by atoms with van der Waals surface area (Å²) in [5.41, 5.74) is 1.29. The van der Waals surface area contributed by atoms with Crippen molar-refractivity contribution < 1.29 is 14.7 Å². The molecule has 0 heterocycles. The molecule has 0 radical (unpaired) electrons. The van der Waals surface area contributed by atoms with Crippen molar-refractivity contribution in [2.24, 2.45) is 5.41 Å². The van der Waals surface area contributed by atoms with Crippen molar-refractivity contribution in [2.75, 3.05) is 11.9 Å². The molecule has 1 saturated carbocycles. The maximum Gasteiger partial charge on any atom is 0.311 e. The van der Waals surface area contributed by atoms with Gasteiger partial charge in [0.05, 0.1) is 16.7 Å². The highest BCUT2D eigenvalue weighted by Crippen LogP contribution is 2.40. The van der Waals surface area contributed by atoms with E-state index in [2.05, 4.69) is 10.6 Å². The highest BCUT2D eigenvalue weighted by Gasteiger charge is 2.44. The molecule has 0 atom stereocenters. The van der Waals surface area contributed by atoms with Gasteiger partial charge in [-0.25, -0.2) is 0 Å². The van der Waals surface area contributed by atoms with Gasteiger partial charge in [-0.2, -0.15) is 0 Å². The van der Waals surface area contributed by atoms with E-state index in [0.717, 1.165) is 12.1 Å². The van der Waals surface area contributed by atoms with Crippen LogP contribution in [0.5, 0.6) is 0 Å². The summed E-state index contributed by atoms with van der Waals surface area (Å²) in [6, 6.07) is 16.8. The fourth-order valence-electron chi connectivity index (χ4n) is 2.88. The highest BCUT2D eigenvalue weighted by molar-refractivity contribution is 6.00. The van der Waals surface area contributed by atoms with Crippen molar-refractivity contribution in [3.05, 3.63) is 60.2 Å². The average molecular weight is 324 g/mol. The summed E-state index contributed by atoms with van der Waals surface area (Å²) in [6.07, 6.45) is 2.13. The summed E-state index contributed by atoms with van der Waals surface area (Å²) < 4.78 is 0. The van der Waals surface area contributed by atoms with Crippen LogP contribution in [0.15, 0.2) is 54.6 Å². The van der Waals surface area contributed by atoms with E-state index in [1.807, 2.05) is 42.5 Å². The molecule has 24 heavy (non-hydrogen) atoms. The first kappa shape index (κ1) is 16.1. The van der Waals surface area contributed by atoms with Gasteiger partial charge in [-0.05, 0) is 37.1 Å². The second-order valence-electron chi connectivity index (χ2n) is 6.16. The maximum absolute atomic E-state index is 12.5. The van der Waals surface area contributed by atoms with Gasteiger partial charge in [0, 0.05) is 12.2 Å². The minimum absolute atomic E-state index is 0.167. The minimum Gasteiger partial charge on any atom is -0.481 e. The Kier molecular flexibility index (Phi) is 4.51. The van der Waals surface area contributed by atoms with Crippen molar-refractivity contribution in [3.63, 3.8) is 0 Å². The molecule has 0 spiro atoms. The van der Waals surface area contributed by atoms with Crippen molar-refractivity contribution >= 4 is 23.3 Å². The van der Waals surface area contributed by atoms with E-state index in [1.54, 1.807) is 12.1 Å². The zero-order chi connectivity index (χ0) is 17.0. The molecule has 124 valence electrons. The Balaban J connectivity index is 1.72. The van der Waals surface area contributed by atoms with Gasteiger partial charge >= 0.3 is 5.97 Å². The third-order valence-electron chi connectivity index (χ3n) is 4.58. The minimum atomic E-state index is -0.829. The standard InChI is InChI=1S/C19H20N2O3/c22-17(20-13-19(18(23)24)11-6-12-19)15-9-4-5-10-16(15)21-14-7-2-1-3-8-14/h1-5,7-10,21H,6,11-13H2,(H,20,22)(H,23,24). The van der Waals surface area contributed by atoms with Crippen molar-refractivity contribution in [3.8, 4) is 0 Å². The van der Waals surface area contributed by atoms with Crippen molar-refractivity contribution in [1.82, 2.24) is 5.32 Å². The molecule has 2 aromatic carbocycles. The summed E-state index contributed by atoms with van der Waals surface area (Å²) in [7, 11) is 0. The van der Waals surface area contributed by atoms with Gasteiger partial charge in [-0.1, -0.05) is 36.8 Å². The van der Waals surface area contributed by atoms with E-state index in [0.29, 0.717) is 24.1 Å². The number of hydrogen-bond donors (Lipinski definition) is 3. The van der Waals surface area contributed by atoms with Crippen LogP contribution in [0.25, 0.3) is 0 Å². The highest BCUT2D eigenvalue weighted by atomic mass is 16.4. The Labute approximate surface area is 140 Å². The first-order valence-corrected chi connectivity index (χ1v) is 8.03. The molecule has 5 heteroatoms. The zero-order valence-corrected chi connectivity index (χ0v) is 13.3. The molecule has 0 saturated heterocycles. The lowest BCUT2D eigenvalue weighted by atomic mass is 9.69. The van der Waals surface area contributed by atoms with Gasteiger partial charge in [0.2, 0.25) is 0 Å². The van der Waals surface area contributed by atoms with Crippen LogP contribution in [-0.4, -0.2) is 23.5 Å². The van der Waals surface area contributed by atoms with E-state index in [-0.39, 0.29) is 12.5 Å². The SMILES string of the molecule is O=C(NCC1(C(=O)O)CCC1)c1ccccc1Nc1ccccc1. The van der Waals surface area contributed by atoms with Gasteiger partial charge in [-0.3, -0.25) is 9.59 Å². The monoisotopic (exact) mass is 324 g/mol. The zero-order valence-electron chi connectivity index (χ0n) is 13.3. The number of carboxylic acids is 1. The molecule has 1 fully saturated rings. The van der Waals surface area contributed by atoms with Crippen LogP contribution in [0.2, 0.25) is 0 Å². The first-order chi connectivity index (χ1) is 11.6. The van der Waals surface area contributed by atoms with Gasteiger partial charge < -0.3 is 15.7 Å². The lowest BCUT2D eigenvalue weighted by molar-refractivity contribution is -0.153. The molecule has 3 rings (SSSR count). The number of hydrogen-bond acceptors (Lipinski definition) is 3. The average Bonchev–Trinajstić information content (AvgIpc) is 2.55. The van der Waals surface area contributed by atoms with Gasteiger partial charge in [0.25, 0.3) is 5.91 Å². The fourth-order valence-corrected chi connectivity index (χ4v) is 2.88. The molecular formula is C19H20N2O3. The van der Waals surface area contributed by atoms with E-state index in [4.69, 9.17) is 0 Å². The lowest BCUT2D eigenvalue weighted by Crippen LogP contribution is -2.47. The summed E-state index contributed by atoms with van der Waals surface area (Å²) >= 11 is 0. The molecule has 1 aliphatic carbocycles. The Morgan fingerprint density at radius 1 is 1.00 bits per heavy atom. The van der Waals surface area contributed by atoms with Crippen LogP contribution < -0.4 is 10.6 Å². The van der Waals surface area contributed by atoms with Gasteiger partial charge in [-0.15, -0.1) is 0 Å². The fraction of sp³-hybridized carbons (Fsp3) is 0.263. The third kappa shape index (κ3) is 3.25. The van der Waals surface area contributed by atoms with E-state index in [9.17, 15) is 14.7 Å².